The lowest BCUT2D eigenvalue weighted by atomic mass is 9.62. The molecule has 2 aromatic carbocycles. The first-order chi connectivity index (χ1) is 11.6. The highest BCUT2D eigenvalue weighted by atomic mass is 35.5. The number of hydrogen-bond donors (Lipinski definition) is 1. The molecule has 2 aliphatic heterocycles. The lowest BCUT2D eigenvalue weighted by molar-refractivity contribution is -0.142. The van der Waals surface area contributed by atoms with Crippen LogP contribution in [0.1, 0.15) is 24.4 Å². The number of anilines is 1. The Hall–Kier alpha value is -1.91. The average molecular weight is 345 g/mol. The molecule has 2 aliphatic rings. The highest BCUT2D eigenvalue weighted by Crippen LogP contribution is 2.56. The molecule has 0 aromatic heterocycles. The van der Waals surface area contributed by atoms with Gasteiger partial charge in [0.1, 0.15) is 5.82 Å². The first kappa shape index (κ1) is 15.6. The van der Waals surface area contributed by atoms with Crippen LogP contribution in [0.2, 0.25) is 5.02 Å². The van der Waals surface area contributed by atoms with E-state index in [1.807, 2.05) is 24.3 Å². The largest absolute Gasteiger partial charge is 0.317 e. The van der Waals surface area contributed by atoms with Gasteiger partial charge in [0, 0.05) is 10.7 Å². The number of amides is 1. The summed E-state index contributed by atoms with van der Waals surface area (Å²) in [4.78, 5) is 14.8. The Balaban J connectivity index is 1.78. The number of carbonyl (C=O) groups is 1. The van der Waals surface area contributed by atoms with Crippen molar-refractivity contribution in [2.24, 2.45) is 5.41 Å². The maximum absolute atomic E-state index is 13.7. The molecule has 1 N–H and O–H groups in total. The number of nitrogens with one attached hydrogen (secondary N) is 1. The van der Waals surface area contributed by atoms with Crippen molar-refractivity contribution >= 4 is 23.2 Å². The minimum absolute atomic E-state index is 0.0776. The van der Waals surface area contributed by atoms with E-state index in [4.69, 9.17) is 11.6 Å². The zero-order valence-corrected chi connectivity index (χ0v) is 13.9. The van der Waals surface area contributed by atoms with Crippen LogP contribution in [0, 0.1) is 11.2 Å². The summed E-state index contributed by atoms with van der Waals surface area (Å²) in [6, 6.07) is 13.8. The molecule has 2 heterocycles. The quantitative estimate of drug-likeness (QED) is 0.837. The molecule has 0 aliphatic carbocycles. The van der Waals surface area contributed by atoms with E-state index in [0.717, 1.165) is 31.5 Å². The minimum Gasteiger partial charge on any atom is -0.317 e. The van der Waals surface area contributed by atoms with Crippen LogP contribution in [-0.2, 0) is 4.79 Å². The van der Waals surface area contributed by atoms with Crippen LogP contribution in [0.4, 0.5) is 10.1 Å². The number of piperidine rings is 1. The van der Waals surface area contributed by atoms with Gasteiger partial charge in [-0.25, -0.2) is 4.39 Å². The van der Waals surface area contributed by atoms with Crippen LogP contribution in [0.5, 0.6) is 0 Å². The van der Waals surface area contributed by atoms with Crippen molar-refractivity contribution in [1.82, 2.24) is 5.32 Å². The SMILES string of the molecule is O=C1N(c2cccc(F)c2)C(c2ccc(Cl)cc2)C12CCNCC2. The molecule has 1 atom stereocenters. The summed E-state index contributed by atoms with van der Waals surface area (Å²) >= 11 is 6.02. The summed E-state index contributed by atoms with van der Waals surface area (Å²) in [7, 11) is 0. The molecule has 2 fully saturated rings. The Bertz CT molecular complexity index is 771. The molecule has 1 spiro atoms. The molecule has 24 heavy (non-hydrogen) atoms. The first-order valence-electron chi connectivity index (χ1n) is 8.17. The van der Waals surface area contributed by atoms with E-state index < -0.39 is 5.41 Å². The van der Waals surface area contributed by atoms with Crippen LogP contribution in [0.25, 0.3) is 0 Å². The fraction of sp³-hybridized carbons (Fsp3) is 0.316. The zero-order valence-electron chi connectivity index (χ0n) is 13.1. The molecule has 2 saturated heterocycles. The van der Waals surface area contributed by atoms with E-state index in [1.54, 1.807) is 17.0 Å². The molecule has 3 nitrogen and oxygen atoms in total. The molecular formula is C19H18ClFN2O. The van der Waals surface area contributed by atoms with E-state index in [1.165, 1.54) is 12.1 Å². The van der Waals surface area contributed by atoms with E-state index in [0.29, 0.717) is 10.7 Å². The van der Waals surface area contributed by atoms with Gasteiger partial charge in [0.05, 0.1) is 11.5 Å². The van der Waals surface area contributed by atoms with Crippen LogP contribution in [0.15, 0.2) is 48.5 Å². The summed E-state index contributed by atoms with van der Waals surface area (Å²) < 4.78 is 13.7. The van der Waals surface area contributed by atoms with Gasteiger partial charge < -0.3 is 10.2 Å². The lowest BCUT2D eigenvalue weighted by Crippen LogP contribution is -2.66. The Morgan fingerprint density at radius 2 is 1.83 bits per heavy atom. The van der Waals surface area contributed by atoms with Crippen molar-refractivity contribution in [1.29, 1.82) is 0 Å². The maximum Gasteiger partial charge on any atom is 0.236 e. The van der Waals surface area contributed by atoms with Crippen molar-refractivity contribution in [3.05, 3.63) is 64.9 Å². The summed E-state index contributed by atoms with van der Waals surface area (Å²) in [6.45, 7) is 1.65. The van der Waals surface area contributed by atoms with Gasteiger partial charge in [0.2, 0.25) is 5.91 Å². The third-order valence-electron chi connectivity index (χ3n) is 5.19. The van der Waals surface area contributed by atoms with Crippen molar-refractivity contribution in [3.8, 4) is 0 Å². The molecule has 0 saturated carbocycles. The fourth-order valence-corrected chi connectivity index (χ4v) is 4.15. The molecule has 4 rings (SSSR count). The molecule has 0 radical (unpaired) electrons. The first-order valence-corrected chi connectivity index (χ1v) is 8.55. The molecule has 1 unspecified atom stereocenters. The van der Waals surface area contributed by atoms with Gasteiger partial charge in [-0.05, 0) is 61.8 Å². The minimum atomic E-state index is -0.397. The Labute approximate surface area is 145 Å². The van der Waals surface area contributed by atoms with Crippen LogP contribution < -0.4 is 10.2 Å². The van der Waals surface area contributed by atoms with Crippen molar-refractivity contribution in [3.63, 3.8) is 0 Å². The van der Waals surface area contributed by atoms with Gasteiger partial charge >= 0.3 is 0 Å². The summed E-state index contributed by atoms with van der Waals surface area (Å²) in [5, 5.41) is 3.99. The highest BCUT2D eigenvalue weighted by Gasteiger charge is 2.61. The molecule has 0 bridgehead atoms. The second kappa shape index (κ2) is 5.87. The fourth-order valence-electron chi connectivity index (χ4n) is 4.02. The van der Waals surface area contributed by atoms with Crippen LogP contribution >= 0.6 is 11.6 Å². The number of β-lactam (4-membered cyclic amide) rings is 1. The van der Waals surface area contributed by atoms with Crippen LogP contribution in [-0.4, -0.2) is 19.0 Å². The Morgan fingerprint density at radius 1 is 1.12 bits per heavy atom. The Kier molecular flexibility index (Phi) is 3.82. The number of rotatable bonds is 2. The van der Waals surface area contributed by atoms with Gasteiger partial charge in [0.25, 0.3) is 0 Å². The standard InChI is InChI=1S/C19H18ClFN2O/c20-14-6-4-13(5-7-14)17-19(8-10-22-11-9-19)18(24)23(17)16-3-1-2-15(21)12-16/h1-7,12,17,22H,8-11H2. The summed E-state index contributed by atoms with van der Waals surface area (Å²) in [6.07, 6.45) is 1.59. The topological polar surface area (TPSA) is 32.3 Å². The molecule has 1 amide bonds. The smallest absolute Gasteiger partial charge is 0.236 e. The molecule has 5 heteroatoms. The van der Waals surface area contributed by atoms with E-state index in [2.05, 4.69) is 5.32 Å². The average Bonchev–Trinajstić information content (AvgIpc) is 2.61. The highest BCUT2D eigenvalue weighted by molar-refractivity contribution is 6.30. The lowest BCUT2D eigenvalue weighted by Gasteiger charge is -2.58. The summed E-state index contributed by atoms with van der Waals surface area (Å²) in [5.74, 6) is -0.240. The van der Waals surface area contributed by atoms with Crippen LogP contribution in [0.3, 0.4) is 0 Å². The van der Waals surface area contributed by atoms with E-state index >= 15 is 0 Å². The number of benzene rings is 2. The third kappa shape index (κ3) is 2.33. The van der Waals surface area contributed by atoms with Gasteiger partial charge in [-0.1, -0.05) is 29.8 Å². The second-order valence-electron chi connectivity index (χ2n) is 6.52. The predicted octanol–water partition coefficient (Wildman–Crippen LogP) is 3.94. The van der Waals surface area contributed by atoms with Gasteiger partial charge in [-0.2, -0.15) is 0 Å². The van der Waals surface area contributed by atoms with Gasteiger partial charge in [-0.15, -0.1) is 0 Å². The van der Waals surface area contributed by atoms with Crippen molar-refractivity contribution in [2.45, 2.75) is 18.9 Å². The molecular weight excluding hydrogens is 327 g/mol. The van der Waals surface area contributed by atoms with E-state index in [-0.39, 0.29) is 17.8 Å². The Morgan fingerprint density at radius 3 is 2.50 bits per heavy atom. The molecule has 2 aromatic rings. The number of hydrogen-bond acceptors (Lipinski definition) is 2. The number of carbonyl (C=O) groups excluding carboxylic acids is 1. The molecule has 124 valence electrons. The maximum atomic E-state index is 13.7. The second-order valence-corrected chi connectivity index (χ2v) is 6.95. The third-order valence-corrected chi connectivity index (χ3v) is 5.45. The van der Waals surface area contributed by atoms with Gasteiger partial charge in [0.15, 0.2) is 0 Å². The van der Waals surface area contributed by atoms with E-state index in [9.17, 15) is 9.18 Å². The number of halogens is 2. The number of nitrogens with zero attached hydrogens (tertiary/aromatic N) is 1. The normalized spacial score (nSPS) is 22.5. The predicted molar refractivity (Wildman–Crippen MR) is 92.6 cm³/mol. The zero-order chi connectivity index (χ0) is 16.7. The van der Waals surface area contributed by atoms with Crippen molar-refractivity contribution in [2.75, 3.05) is 18.0 Å². The monoisotopic (exact) mass is 344 g/mol. The van der Waals surface area contributed by atoms with Gasteiger partial charge in [-0.3, -0.25) is 4.79 Å². The summed E-state index contributed by atoms with van der Waals surface area (Å²) in [5.41, 5.74) is 1.26. The van der Waals surface area contributed by atoms with Crippen molar-refractivity contribution < 1.29 is 9.18 Å².